The van der Waals surface area contributed by atoms with E-state index in [9.17, 15) is 13.2 Å². The maximum atomic E-state index is 12.6. The van der Waals surface area contributed by atoms with Crippen LogP contribution in [0.2, 0.25) is 0 Å². The molecular formula is C21H26N2O3S. The fourth-order valence-corrected chi connectivity index (χ4v) is 4.26. The van der Waals surface area contributed by atoms with E-state index in [-0.39, 0.29) is 10.8 Å². The first-order valence-electron chi connectivity index (χ1n) is 9.39. The van der Waals surface area contributed by atoms with Crippen LogP contribution in [0.3, 0.4) is 0 Å². The van der Waals surface area contributed by atoms with Crippen LogP contribution in [0.4, 0.5) is 5.69 Å². The smallest absolute Gasteiger partial charge is 0.261 e. The van der Waals surface area contributed by atoms with E-state index in [1.54, 1.807) is 24.3 Å². The van der Waals surface area contributed by atoms with Crippen LogP contribution < -0.4 is 4.72 Å². The van der Waals surface area contributed by atoms with Crippen molar-refractivity contribution in [2.45, 2.75) is 43.9 Å². The monoisotopic (exact) mass is 386 g/mol. The lowest BCUT2D eigenvalue weighted by atomic mass is 10.0. The molecule has 0 saturated carbocycles. The quantitative estimate of drug-likeness (QED) is 0.836. The summed E-state index contributed by atoms with van der Waals surface area (Å²) >= 11 is 0. The lowest BCUT2D eigenvalue weighted by Gasteiger charge is -2.26. The highest BCUT2D eigenvalue weighted by molar-refractivity contribution is 7.92. The Morgan fingerprint density at radius 1 is 0.926 bits per heavy atom. The summed E-state index contributed by atoms with van der Waals surface area (Å²) in [6, 6.07) is 13.5. The van der Waals surface area contributed by atoms with E-state index in [0.717, 1.165) is 37.9 Å². The van der Waals surface area contributed by atoms with Crippen molar-refractivity contribution in [1.29, 1.82) is 0 Å². The lowest BCUT2D eigenvalue weighted by molar-refractivity contribution is 0.0724. The van der Waals surface area contributed by atoms with E-state index >= 15 is 0 Å². The molecule has 1 N–H and O–H groups in total. The van der Waals surface area contributed by atoms with Gasteiger partial charge < -0.3 is 4.90 Å². The van der Waals surface area contributed by atoms with Gasteiger partial charge in [0.05, 0.1) is 4.90 Å². The minimum Gasteiger partial charge on any atom is -0.339 e. The summed E-state index contributed by atoms with van der Waals surface area (Å²) in [7, 11) is -3.69. The van der Waals surface area contributed by atoms with Gasteiger partial charge in [0.15, 0.2) is 0 Å². The number of nitrogens with one attached hydrogen (secondary N) is 1. The average Bonchev–Trinajstić information content (AvgIpc) is 2.68. The Morgan fingerprint density at radius 3 is 2.07 bits per heavy atom. The molecule has 0 aliphatic carbocycles. The van der Waals surface area contributed by atoms with Crippen molar-refractivity contribution in [3.8, 4) is 0 Å². The molecule has 1 aliphatic heterocycles. The summed E-state index contributed by atoms with van der Waals surface area (Å²) in [6.45, 7) is 5.72. The highest BCUT2D eigenvalue weighted by Gasteiger charge is 2.20. The second-order valence-corrected chi connectivity index (χ2v) is 8.94. The van der Waals surface area contributed by atoms with Crippen molar-refractivity contribution in [1.82, 2.24) is 4.90 Å². The molecule has 144 valence electrons. The third-order valence-electron chi connectivity index (χ3n) is 4.88. The number of amides is 1. The van der Waals surface area contributed by atoms with Crippen molar-refractivity contribution in [2.75, 3.05) is 17.8 Å². The Labute approximate surface area is 161 Å². The lowest BCUT2D eigenvalue weighted by Crippen LogP contribution is -2.35. The fourth-order valence-electron chi connectivity index (χ4n) is 3.21. The maximum absolute atomic E-state index is 12.6. The largest absolute Gasteiger partial charge is 0.339 e. The highest BCUT2D eigenvalue weighted by atomic mass is 32.2. The van der Waals surface area contributed by atoms with Crippen LogP contribution >= 0.6 is 0 Å². The second kappa shape index (κ2) is 8.13. The maximum Gasteiger partial charge on any atom is 0.261 e. The molecule has 6 heteroatoms. The van der Waals surface area contributed by atoms with Gasteiger partial charge in [-0.25, -0.2) is 8.42 Å². The summed E-state index contributed by atoms with van der Waals surface area (Å²) in [4.78, 5) is 14.5. The normalized spacial score (nSPS) is 15.0. The third-order valence-corrected chi connectivity index (χ3v) is 6.28. The molecule has 0 unspecified atom stereocenters. The molecule has 0 radical (unpaired) electrons. The van der Waals surface area contributed by atoms with Crippen LogP contribution in [0, 0.1) is 0 Å². The summed E-state index contributed by atoms with van der Waals surface area (Å²) in [5.74, 6) is 0.358. The van der Waals surface area contributed by atoms with Crippen LogP contribution in [0.1, 0.15) is 54.9 Å². The Balaban J connectivity index is 1.72. The predicted molar refractivity (Wildman–Crippen MR) is 108 cm³/mol. The molecule has 2 aromatic carbocycles. The Kier molecular flexibility index (Phi) is 5.85. The number of hydrogen-bond donors (Lipinski definition) is 1. The molecule has 0 atom stereocenters. The Hall–Kier alpha value is -2.34. The molecule has 2 aromatic rings. The van der Waals surface area contributed by atoms with E-state index in [4.69, 9.17) is 0 Å². The van der Waals surface area contributed by atoms with Gasteiger partial charge in [-0.15, -0.1) is 0 Å². The number of anilines is 1. The molecule has 0 bridgehead atoms. The number of benzene rings is 2. The van der Waals surface area contributed by atoms with E-state index < -0.39 is 10.0 Å². The van der Waals surface area contributed by atoms with E-state index in [1.807, 2.05) is 17.0 Å². The first-order valence-corrected chi connectivity index (χ1v) is 10.9. The number of carbonyl (C=O) groups is 1. The number of hydrogen-bond acceptors (Lipinski definition) is 3. The SMILES string of the molecule is CC(C)c1ccc(NS(=O)(=O)c2ccc(C(=O)N3CCCCC3)cc2)cc1. The van der Waals surface area contributed by atoms with Gasteiger partial charge in [-0.1, -0.05) is 26.0 Å². The van der Waals surface area contributed by atoms with Gasteiger partial charge >= 0.3 is 0 Å². The summed E-state index contributed by atoms with van der Waals surface area (Å²) < 4.78 is 27.8. The molecule has 27 heavy (non-hydrogen) atoms. The van der Waals surface area contributed by atoms with Crippen molar-refractivity contribution in [3.63, 3.8) is 0 Å². The topological polar surface area (TPSA) is 66.5 Å². The van der Waals surface area contributed by atoms with Crippen LogP contribution in [0.5, 0.6) is 0 Å². The first kappa shape index (κ1) is 19.4. The average molecular weight is 387 g/mol. The minimum absolute atomic E-state index is 0.0316. The zero-order valence-corrected chi connectivity index (χ0v) is 16.6. The van der Waals surface area contributed by atoms with Gasteiger partial charge in [0.1, 0.15) is 0 Å². The van der Waals surface area contributed by atoms with Gasteiger partial charge in [-0.05, 0) is 67.1 Å². The van der Waals surface area contributed by atoms with E-state index in [1.165, 1.54) is 12.1 Å². The number of likely N-dealkylation sites (tertiary alicyclic amines) is 1. The number of rotatable bonds is 5. The van der Waals surface area contributed by atoms with Crippen LogP contribution in [0.25, 0.3) is 0 Å². The Morgan fingerprint density at radius 2 is 1.52 bits per heavy atom. The summed E-state index contributed by atoms with van der Waals surface area (Å²) in [5.41, 5.74) is 2.20. The highest BCUT2D eigenvalue weighted by Crippen LogP contribution is 2.21. The fraction of sp³-hybridized carbons (Fsp3) is 0.381. The van der Waals surface area contributed by atoms with Crippen molar-refractivity contribution < 1.29 is 13.2 Å². The number of carbonyl (C=O) groups excluding carboxylic acids is 1. The third kappa shape index (κ3) is 4.69. The molecule has 5 nitrogen and oxygen atoms in total. The molecule has 3 rings (SSSR count). The molecule has 0 spiro atoms. The molecule has 1 heterocycles. The molecular weight excluding hydrogens is 360 g/mol. The number of sulfonamides is 1. The van der Waals surface area contributed by atoms with Crippen LogP contribution in [0.15, 0.2) is 53.4 Å². The first-order chi connectivity index (χ1) is 12.9. The van der Waals surface area contributed by atoms with Crippen molar-refractivity contribution >= 4 is 21.6 Å². The molecule has 0 aromatic heterocycles. The van der Waals surface area contributed by atoms with Crippen LogP contribution in [-0.2, 0) is 10.0 Å². The molecule has 1 amide bonds. The summed E-state index contributed by atoms with van der Waals surface area (Å²) in [6.07, 6.45) is 3.21. The predicted octanol–water partition coefficient (Wildman–Crippen LogP) is 4.24. The van der Waals surface area contributed by atoms with Gasteiger partial charge in [0.25, 0.3) is 15.9 Å². The zero-order valence-electron chi connectivity index (χ0n) is 15.8. The van der Waals surface area contributed by atoms with Crippen molar-refractivity contribution in [2.24, 2.45) is 0 Å². The van der Waals surface area contributed by atoms with E-state index in [2.05, 4.69) is 18.6 Å². The standard InChI is InChI=1S/C21H26N2O3S/c1-16(2)17-6-10-19(11-7-17)22-27(25,26)20-12-8-18(9-13-20)21(24)23-14-4-3-5-15-23/h6-13,16,22H,3-5,14-15H2,1-2H3. The summed E-state index contributed by atoms with van der Waals surface area (Å²) in [5, 5.41) is 0. The van der Waals surface area contributed by atoms with Gasteiger partial charge in [0.2, 0.25) is 0 Å². The molecule has 1 fully saturated rings. The Bertz CT molecular complexity index is 882. The molecule has 1 aliphatic rings. The molecule has 1 saturated heterocycles. The number of piperidine rings is 1. The minimum atomic E-state index is -3.69. The second-order valence-electron chi connectivity index (χ2n) is 7.26. The number of nitrogens with zero attached hydrogens (tertiary/aromatic N) is 1. The van der Waals surface area contributed by atoms with Crippen LogP contribution in [-0.4, -0.2) is 32.3 Å². The van der Waals surface area contributed by atoms with Gasteiger partial charge in [-0.2, -0.15) is 0 Å². The zero-order chi connectivity index (χ0) is 19.4. The van der Waals surface area contributed by atoms with E-state index in [0.29, 0.717) is 17.2 Å². The van der Waals surface area contributed by atoms with Gasteiger partial charge in [-0.3, -0.25) is 9.52 Å². The van der Waals surface area contributed by atoms with Crippen molar-refractivity contribution in [3.05, 3.63) is 59.7 Å². The van der Waals surface area contributed by atoms with Gasteiger partial charge in [0, 0.05) is 24.3 Å².